The number of guanidine groups is 1. The molecule has 27 heavy (non-hydrogen) atoms. The van der Waals surface area contributed by atoms with Gasteiger partial charge >= 0.3 is 0 Å². The van der Waals surface area contributed by atoms with Crippen LogP contribution < -0.4 is 16.4 Å². The van der Waals surface area contributed by atoms with Crippen LogP contribution in [-0.4, -0.2) is 55.5 Å². The Balaban J connectivity index is 0.00000676. The number of aliphatic imine (C=N–C) groups is 1. The minimum Gasteiger partial charge on any atom is -0.369 e. The van der Waals surface area contributed by atoms with Crippen LogP contribution in [0.5, 0.6) is 0 Å². The molecule has 0 bridgehead atoms. The molecule has 0 spiro atoms. The van der Waals surface area contributed by atoms with Crippen LogP contribution in [0.1, 0.15) is 66.2 Å². The predicted molar refractivity (Wildman–Crippen MR) is 126 cm³/mol. The second-order valence-electron chi connectivity index (χ2n) is 8.00. The first-order valence-electron chi connectivity index (χ1n) is 10.5. The van der Waals surface area contributed by atoms with Crippen molar-refractivity contribution in [2.24, 2.45) is 22.6 Å². The fourth-order valence-electron chi connectivity index (χ4n) is 3.29. The highest BCUT2D eigenvalue weighted by Gasteiger charge is 2.22. The molecule has 0 aliphatic carbocycles. The number of nitrogens with one attached hydrogen (secondary N) is 2. The molecule has 0 aromatic rings. The van der Waals surface area contributed by atoms with Crippen molar-refractivity contribution in [3.05, 3.63) is 0 Å². The molecule has 1 fully saturated rings. The molecule has 0 saturated carbocycles. The Labute approximate surface area is 183 Å². The molecular weight excluding hydrogens is 453 g/mol. The lowest BCUT2D eigenvalue weighted by Crippen LogP contribution is -2.42. The second-order valence-corrected chi connectivity index (χ2v) is 8.00. The van der Waals surface area contributed by atoms with Crippen molar-refractivity contribution in [1.82, 2.24) is 15.5 Å². The van der Waals surface area contributed by atoms with E-state index < -0.39 is 0 Å². The van der Waals surface area contributed by atoms with Crippen LogP contribution in [0, 0.1) is 11.8 Å². The molecule has 0 aromatic carbocycles. The van der Waals surface area contributed by atoms with Crippen LogP contribution in [0.15, 0.2) is 4.99 Å². The summed E-state index contributed by atoms with van der Waals surface area (Å²) >= 11 is 0. The van der Waals surface area contributed by atoms with E-state index >= 15 is 0 Å². The molecule has 1 atom stereocenters. The van der Waals surface area contributed by atoms with E-state index in [0.29, 0.717) is 6.04 Å². The summed E-state index contributed by atoms with van der Waals surface area (Å²) in [5.74, 6) is 1.63. The first-order chi connectivity index (χ1) is 12.4. The van der Waals surface area contributed by atoms with Gasteiger partial charge in [0, 0.05) is 25.0 Å². The standard InChI is InChI=1S/C20H41N5O.HI/c1-5-22-20(24-17(4)9-8-16(2)3)23-12-6-7-13-25-14-10-18(11-15-25)19(21)26;/h16-18H,5-15H2,1-4H3,(H2,21,26)(H2,22,23,24);1H. The number of hydrogen-bond donors (Lipinski definition) is 3. The van der Waals surface area contributed by atoms with Crippen molar-refractivity contribution in [2.75, 3.05) is 32.7 Å². The number of nitrogens with two attached hydrogens (primary N) is 1. The second kappa shape index (κ2) is 15.4. The average Bonchev–Trinajstić information content (AvgIpc) is 2.60. The van der Waals surface area contributed by atoms with E-state index in [1.54, 1.807) is 0 Å². The van der Waals surface area contributed by atoms with Crippen molar-refractivity contribution in [3.8, 4) is 0 Å². The van der Waals surface area contributed by atoms with Crippen LogP contribution in [0.3, 0.4) is 0 Å². The average molecular weight is 495 g/mol. The molecule has 7 heteroatoms. The number of piperidine rings is 1. The molecule has 1 saturated heterocycles. The van der Waals surface area contributed by atoms with E-state index in [-0.39, 0.29) is 35.8 Å². The van der Waals surface area contributed by atoms with Crippen molar-refractivity contribution >= 4 is 35.8 Å². The number of amides is 1. The Bertz CT molecular complexity index is 423. The number of primary amides is 1. The molecule has 1 aliphatic heterocycles. The van der Waals surface area contributed by atoms with Crippen LogP contribution in [-0.2, 0) is 4.79 Å². The van der Waals surface area contributed by atoms with Gasteiger partial charge in [-0.1, -0.05) is 13.8 Å². The van der Waals surface area contributed by atoms with Gasteiger partial charge in [0.15, 0.2) is 5.96 Å². The highest BCUT2D eigenvalue weighted by Crippen LogP contribution is 2.16. The summed E-state index contributed by atoms with van der Waals surface area (Å²) in [6.45, 7) is 13.7. The number of unbranched alkanes of at least 4 members (excludes halogenated alkanes) is 1. The SMILES string of the molecule is CCNC(=NCCCCN1CCC(C(N)=O)CC1)NC(C)CCC(C)C.I. The van der Waals surface area contributed by atoms with Gasteiger partial charge < -0.3 is 21.3 Å². The third-order valence-corrected chi connectivity index (χ3v) is 5.05. The van der Waals surface area contributed by atoms with Crippen LogP contribution in [0.4, 0.5) is 0 Å². The normalized spacial score (nSPS) is 17.4. The molecule has 1 aliphatic rings. The first-order valence-corrected chi connectivity index (χ1v) is 10.5. The fraction of sp³-hybridized carbons (Fsp3) is 0.900. The van der Waals surface area contributed by atoms with Crippen molar-refractivity contribution in [3.63, 3.8) is 0 Å². The van der Waals surface area contributed by atoms with E-state index in [4.69, 9.17) is 10.7 Å². The summed E-state index contributed by atoms with van der Waals surface area (Å²) < 4.78 is 0. The number of rotatable bonds is 11. The summed E-state index contributed by atoms with van der Waals surface area (Å²) in [7, 11) is 0. The van der Waals surface area contributed by atoms with Crippen molar-refractivity contribution in [2.45, 2.75) is 72.3 Å². The summed E-state index contributed by atoms with van der Waals surface area (Å²) in [6.07, 6.45) is 6.47. The van der Waals surface area contributed by atoms with E-state index in [0.717, 1.165) is 70.3 Å². The maximum Gasteiger partial charge on any atom is 0.220 e. The Hall–Kier alpha value is -0.570. The molecule has 1 heterocycles. The van der Waals surface area contributed by atoms with Gasteiger partial charge in [0.2, 0.25) is 5.91 Å². The predicted octanol–water partition coefficient (Wildman–Crippen LogP) is 2.96. The minimum absolute atomic E-state index is 0. The molecule has 1 unspecified atom stereocenters. The van der Waals surface area contributed by atoms with E-state index in [2.05, 4.69) is 43.2 Å². The molecule has 0 radical (unpaired) electrons. The van der Waals surface area contributed by atoms with Gasteiger partial charge in [0.1, 0.15) is 0 Å². The van der Waals surface area contributed by atoms with Gasteiger partial charge in [0.25, 0.3) is 0 Å². The van der Waals surface area contributed by atoms with E-state index in [1.165, 1.54) is 12.8 Å². The zero-order valence-electron chi connectivity index (χ0n) is 17.8. The van der Waals surface area contributed by atoms with E-state index in [9.17, 15) is 4.79 Å². The summed E-state index contributed by atoms with van der Waals surface area (Å²) in [4.78, 5) is 18.4. The van der Waals surface area contributed by atoms with Gasteiger partial charge in [-0.15, -0.1) is 24.0 Å². The zero-order valence-corrected chi connectivity index (χ0v) is 20.1. The number of carbonyl (C=O) groups excluding carboxylic acids is 1. The topological polar surface area (TPSA) is 82.8 Å². The Morgan fingerprint density at radius 1 is 1.19 bits per heavy atom. The monoisotopic (exact) mass is 495 g/mol. The molecule has 0 aromatic heterocycles. The Morgan fingerprint density at radius 2 is 1.85 bits per heavy atom. The highest BCUT2D eigenvalue weighted by atomic mass is 127. The number of carbonyl (C=O) groups is 1. The largest absolute Gasteiger partial charge is 0.369 e. The highest BCUT2D eigenvalue weighted by molar-refractivity contribution is 14.0. The van der Waals surface area contributed by atoms with Gasteiger partial charge in [-0.2, -0.15) is 0 Å². The smallest absolute Gasteiger partial charge is 0.220 e. The number of likely N-dealkylation sites (tertiary alicyclic amines) is 1. The van der Waals surface area contributed by atoms with Crippen LogP contribution in [0.25, 0.3) is 0 Å². The molecule has 6 nitrogen and oxygen atoms in total. The third kappa shape index (κ3) is 12.5. The zero-order chi connectivity index (χ0) is 19.4. The van der Waals surface area contributed by atoms with Gasteiger partial charge in [-0.25, -0.2) is 0 Å². The summed E-state index contributed by atoms with van der Waals surface area (Å²) in [6, 6.07) is 0.446. The molecule has 160 valence electrons. The van der Waals surface area contributed by atoms with Crippen LogP contribution in [0.2, 0.25) is 0 Å². The molecule has 1 amide bonds. The van der Waals surface area contributed by atoms with Crippen molar-refractivity contribution < 1.29 is 4.79 Å². The lowest BCUT2D eigenvalue weighted by Gasteiger charge is -2.30. The maximum atomic E-state index is 11.2. The third-order valence-electron chi connectivity index (χ3n) is 5.05. The lowest BCUT2D eigenvalue weighted by molar-refractivity contribution is -0.123. The summed E-state index contributed by atoms with van der Waals surface area (Å²) in [5, 5.41) is 6.86. The number of hydrogen-bond acceptors (Lipinski definition) is 3. The Morgan fingerprint density at radius 3 is 2.41 bits per heavy atom. The van der Waals surface area contributed by atoms with Crippen molar-refractivity contribution in [1.29, 1.82) is 0 Å². The quantitative estimate of drug-likeness (QED) is 0.178. The van der Waals surface area contributed by atoms with Gasteiger partial charge in [-0.3, -0.25) is 9.79 Å². The summed E-state index contributed by atoms with van der Waals surface area (Å²) in [5.41, 5.74) is 5.39. The minimum atomic E-state index is -0.134. The molecular formula is C20H42IN5O. The molecule has 4 N–H and O–H groups in total. The maximum absolute atomic E-state index is 11.2. The number of nitrogens with zero attached hydrogens (tertiary/aromatic N) is 2. The van der Waals surface area contributed by atoms with Crippen LogP contribution >= 0.6 is 24.0 Å². The first kappa shape index (κ1) is 26.4. The Kier molecular flexibility index (Phi) is 15.0. The number of halogens is 1. The van der Waals surface area contributed by atoms with Gasteiger partial charge in [0.05, 0.1) is 0 Å². The van der Waals surface area contributed by atoms with Gasteiger partial charge in [-0.05, 0) is 77.9 Å². The lowest BCUT2D eigenvalue weighted by atomic mass is 9.96. The van der Waals surface area contributed by atoms with E-state index in [1.807, 2.05) is 0 Å². The fourth-order valence-corrected chi connectivity index (χ4v) is 3.29. The molecule has 1 rings (SSSR count).